The van der Waals surface area contributed by atoms with Gasteiger partial charge in [0, 0.05) is 12.2 Å². The molecule has 0 saturated carbocycles. The van der Waals surface area contributed by atoms with Crippen molar-refractivity contribution in [1.29, 1.82) is 0 Å². The Morgan fingerprint density at radius 3 is 2.33 bits per heavy atom. The Morgan fingerprint density at radius 2 is 1.78 bits per heavy atom. The van der Waals surface area contributed by atoms with Crippen LogP contribution < -0.4 is 4.72 Å². The highest BCUT2D eigenvalue weighted by Crippen LogP contribution is 2.14. The van der Waals surface area contributed by atoms with Crippen LogP contribution in [0.5, 0.6) is 0 Å². The fourth-order valence-electron chi connectivity index (χ4n) is 2.85. The van der Waals surface area contributed by atoms with Crippen LogP contribution in [0.1, 0.15) is 58.4 Å². The highest BCUT2D eigenvalue weighted by Gasteiger charge is 2.11. The summed E-state index contributed by atoms with van der Waals surface area (Å²) in [6, 6.07) is 7.36. The van der Waals surface area contributed by atoms with Gasteiger partial charge in [0.25, 0.3) is 0 Å². The summed E-state index contributed by atoms with van der Waals surface area (Å²) in [5, 5.41) is 9.73. The summed E-state index contributed by atoms with van der Waals surface area (Å²) in [6.45, 7) is 9.11. The molecular weight excluding hydrogens is 360 g/mol. The van der Waals surface area contributed by atoms with Gasteiger partial charge < -0.3 is 10.0 Å². The van der Waals surface area contributed by atoms with E-state index in [1.807, 2.05) is 26.0 Å². The predicted octanol–water partition coefficient (Wildman–Crippen LogP) is 4.11. The molecule has 5 nitrogen and oxygen atoms in total. The minimum atomic E-state index is -3.23. The molecule has 0 bridgehead atoms. The molecule has 1 rings (SSSR count). The van der Waals surface area contributed by atoms with E-state index >= 15 is 0 Å². The summed E-state index contributed by atoms with van der Waals surface area (Å²) < 4.78 is 24.9. The second kappa shape index (κ2) is 11.5. The number of benzene rings is 1. The summed E-state index contributed by atoms with van der Waals surface area (Å²) in [7, 11) is -3.23. The van der Waals surface area contributed by atoms with Crippen molar-refractivity contribution >= 4 is 21.8 Å². The van der Waals surface area contributed by atoms with E-state index in [4.69, 9.17) is 0 Å². The monoisotopic (exact) mass is 396 g/mol. The standard InChI is InChI=1S/C21H36N2O3S/c1-5-23(17-9-6-8-16-21(2,3)24)18-10-7-11-19-12-14-20(15-13-19)22-27(4,25)26/h7,11-15,22,24H,5-6,8-10,16-18H2,1-4H3/b11-7+. The van der Waals surface area contributed by atoms with Crippen molar-refractivity contribution in [1.82, 2.24) is 4.90 Å². The molecule has 0 aliphatic heterocycles. The first-order chi connectivity index (χ1) is 12.6. The third-order valence-electron chi connectivity index (χ3n) is 4.35. The fraction of sp³-hybridized carbons (Fsp3) is 0.619. The molecule has 0 atom stereocenters. The fourth-order valence-corrected chi connectivity index (χ4v) is 3.41. The quantitative estimate of drug-likeness (QED) is 0.492. The van der Waals surface area contributed by atoms with Gasteiger partial charge in [0.05, 0.1) is 11.9 Å². The van der Waals surface area contributed by atoms with Crippen molar-refractivity contribution in [3.05, 3.63) is 35.9 Å². The minimum absolute atomic E-state index is 0.547. The maximum absolute atomic E-state index is 11.2. The molecule has 0 aromatic heterocycles. The van der Waals surface area contributed by atoms with Crippen LogP contribution in [-0.4, -0.2) is 49.9 Å². The zero-order chi connectivity index (χ0) is 20.3. The number of rotatable bonds is 13. The number of aliphatic hydroxyl groups is 1. The lowest BCUT2D eigenvalue weighted by atomic mass is 10.0. The van der Waals surface area contributed by atoms with Gasteiger partial charge in [-0.15, -0.1) is 0 Å². The zero-order valence-electron chi connectivity index (χ0n) is 17.2. The second-order valence-corrected chi connectivity index (χ2v) is 9.49. The van der Waals surface area contributed by atoms with Gasteiger partial charge in [0.1, 0.15) is 0 Å². The number of hydrogen-bond donors (Lipinski definition) is 2. The number of nitrogens with one attached hydrogen (secondary N) is 1. The molecule has 27 heavy (non-hydrogen) atoms. The molecule has 0 amide bonds. The second-order valence-electron chi connectivity index (χ2n) is 7.74. The number of sulfonamides is 1. The van der Waals surface area contributed by atoms with Gasteiger partial charge in [-0.2, -0.15) is 0 Å². The van der Waals surface area contributed by atoms with Crippen molar-refractivity contribution in [3.63, 3.8) is 0 Å². The maximum Gasteiger partial charge on any atom is 0.229 e. The van der Waals surface area contributed by atoms with Crippen molar-refractivity contribution in [2.24, 2.45) is 0 Å². The van der Waals surface area contributed by atoms with Gasteiger partial charge in [-0.3, -0.25) is 4.72 Å². The van der Waals surface area contributed by atoms with Gasteiger partial charge in [0.2, 0.25) is 10.0 Å². The molecule has 0 fully saturated rings. The van der Waals surface area contributed by atoms with E-state index in [9.17, 15) is 13.5 Å². The first-order valence-corrected chi connectivity index (χ1v) is 11.7. The molecule has 0 aliphatic carbocycles. The van der Waals surface area contributed by atoms with E-state index in [0.717, 1.165) is 57.1 Å². The molecule has 0 aliphatic rings. The number of unbranched alkanes of at least 4 members (excludes halogenated alkanes) is 2. The Bertz CT molecular complexity index is 662. The Balaban J connectivity index is 2.29. The van der Waals surface area contributed by atoms with Gasteiger partial charge in [-0.1, -0.05) is 44.1 Å². The lowest BCUT2D eigenvalue weighted by Crippen LogP contribution is -2.25. The SMILES string of the molecule is CCN(CC/C=C/c1ccc(NS(C)(=O)=O)cc1)CCCCCC(C)(C)O. The van der Waals surface area contributed by atoms with Gasteiger partial charge in [-0.25, -0.2) is 8.42 Å². The van der Waals surface area contributed by atoms with Crippen molar-refractivity contribution in [3.8, 4) is 0 Å². The highest BCUT2D eigenvalue weighted by atomic mass is 32.2. The summed E-state index contributed by atoms with van der Waals surface area (Å²) in [5.41, 5.74) is 1.09. The Morgan fingerprint density at radius 1 is 1.11 bits per heavy atom. The molecule has 0 spiro atoms. The minimum Gasteiger partial charge on any atom is -0.390 e. The molecule has 2 N–H and O–H groups in total. The largest absolute Gasteiger partial charge is 0.390 e. The molecular formula is C21H36N2O3S. The maximum atomic E-state index is 11.2. The summed E-state index contributed by atoms with van der Waals surface area (Å²) in [5.74, 6) is 0. The van der Waals surface area contributed by atoms with Crippen molar-refractivity contribution < 1.29 is 13.5 Å². The van der Waals surface area contributed by atoms with Gasteiger partial charge in [-0.05, 0) is 63.9 Å². The average molecular weight is 397 g/mol. The summed E-state index contributed by atoms with van der Waals surface area (Å²) in [4.78, 5) is 2.45. The van der Waals surface area contributed by atoms with E-state index in [2.05, 4.69) is 28.7 Å². The van der Waals surface area contributed by atoms with E-state index < -0.39 is 15.6 Å². The Kier molecular flexibility index (Phi) is 10.1. The van der Waals surface area contributed by atoms with Crippen LogP contribution in [0.15, 0.2) is 30.3 Å². The van der Waals surface area contributed by atoms with Crippen LogP contribution >= 0.6 is 0 Å². The average Bonchev–Trinajstić information content (AvgIpc) is 2.55. The highest BCUT2D eigenvalue weighted by molar-refractivity contribution is 7.92. The van der Waals surface area contributed by atoms with Crippen LogP contribution in [0, 0.1) is 0 Å². The molecule has 1 aromatic rings. The van der Waals surface area contributed by atoms with E-state index in [-0.39, 0.29) is 0 Å². The van der Waals surface area contributed by atoms with Crippen LogP contribution in [-0.2, 0) is 10.0 Å². The normalized spacial score (nSPS) is 12.8. The first-order valence-electron chi connectivity index (χ1n) is 9.78. The third kappa shape index (κ3) is 12.6. The predicted molar refractivity (Wildman–Crippen MR) is 115 cm³/mol. The van der Waals surface area contributed by atoms with E-state index in [1.165, 1.54) is 6.42 Å². The first kappa shape index (κ1) is 23.7. The Hall–Kier alpha value is -1.37. The number of hydrogen-bond acceptors (Lipinski definition) is 4. The topological polar surface area (TPSA) is 69.6 Å². The van der Waals surface area contributed by atoms with Gasteiger partial charge in [0.15, 0.2) is 0 Å². The molecule has 1 aromatic carbocycles. The lowest BCUT2D eigenvalue weighted by molar-refractivity contribution is 0.0678. The van der Waals surface area contributed by atoms with Crippen LogP contribution in [0.2, 0.25) is 0 Å². The van der Waals surface area contributed by atoms with E-state index in [1.54, 1.807) is 12.1 Å². The van der Waals surface area contributed by atoms with Crippen molar-refractivity contribution in [2.75, 3.05) is 30.6 Å². The van der Waals surface area contributed by atoms with Crippen molar-refractivity contribution in [2.45, 2.75) is 58.5 Å². The smallest absolute Gasteiger partial charge is 0.229 e. The van der Waals surface area contributed by atoms with Crippen LogP contribution in [0.25, 0.3) is 6.08 Å². The molecule has 0 saturated heterocycles. The third-order valence-corrected chi connectivity index (χ3v) is 4.95. The molecule has 0 heterocycles. The molecule has 0 radical (unpaired) electrons. The molecule has 154 valence electrons. The van der Waals surface area contributed by atoms with Crippen LogP contribution in [0.3, 0.4) is 0 Å². The summed E-state index contributed by atoms with van der Waals surface area (Å²) >= 11 is 0. The number of nitrogens with zero attached hydrogens (tertiary/aromatic N) is 1. The zero-order valence-corrected chi connectivity index (χ0v) is 18.1. The molecule has 6 heteroatoms. The van der Waals surface area contributed by atoms with Gasteiger partial charge >= 0.3 is 0 Å². The summed E-state index contributed by atoms with van der Waals surface area (Å²) in [6.07, 6.45) is 10.6. The van der Waals surface area contributed by atoms with E-state index in [0.29, 0.717) is 5.69 Å². The Labute approximate surface area is 165 Å². The number of anilines is 1. The lowest BCUT2D eigenvalue weighted by Gasteiger charge is -2.20. The molecule has 0 unspecified atom stereocenters. The van der Waals surface area contributed by atoms with Crippen LogP contribution in [0.4, 0.5) is 5.69 Å².